The molecule has 0 spiro atoms. The van der Waals surface area contributed by atoms with E-state index in [4.69, 9.17) is 4.52 Å². The van der Waals surface area contributed by atoms with Gasteiger partial charge in [0.25, 0.3) is 5.71 Å². The fourth-order valence-electron chi connectivity index (χ4n) is 2.20. The minimum Gasteiger partial charge on any atom is -0.365 e. The van der Waals surface area contributed by atoms with Gasteiger partial charge in [-0.2, -0.15) is 4.98 Å². The highest BCUT2D eigenvalue weighted by Gasteiger charge is 2.17. The summed E-state index contributed by atoms with van der Waals surface area (Å²) in [6.07, 6.45) is 3.85. The standard InChI is InChI=1S/C11H15N5O/c1-7-9-10(13-6-14-11(9)17-16-7)15-8-3-2-4-12-5-8/h6,8,12H,2-5H2,1H3,(H,13,14,15). The third-order valence-corrected chi connectivity index (χ3v) is 3.08. The molecule has 0 aliphatic carbocycles. The fraction of sp³-hybridized carbons (Fsp3) is 0.545. The van der Waals surface area contributed by atoms with E-state index in [1.54, 1.807) is 0 Å². The second-order valence-electron chi connectivity index (χ2n) is 4.36. The summed E-state index contributed by atoms with van der Waals surface area (Å²) in [5.41, 5.74) is 1.37. The molecule has 3 rings (SSSR count). The minimum atomic E-state index is 0.413. The summed E-state index contributed by atoms with van der Waals surface area (Å²) in [5, 5.41) is 11.6. The number of nitrogens with zero attached hydrogens (tertiary/aromatic N) is 3. The van der Waals surface area contributed by atoms with Gasteiger partial charge in [-0.15, -0.1) is 0 Å². The van der Waals surface area contributed by atoms with Gasteiger partial charge in [-0.1, -0.05) is 5.16 Å². The van der Waals surface area contributed by atoms with Gasteiger partial charge in [-0.25, -0.2) is 4.98 Å². The van der Waals surface area contributed by atoms with E-state index in [0.717, 1.165) is 36.4 Å². The number of aromatic nitrogens is 3. The molecule has 3 heterocycles. The second-order valence-corrected chi connectivity index (χ2v) is 4.36. The molecule has 1 aliphatic rings. The predicted molar refractivity (Wildman–Crippen MR) is 63.9 cm³/mol. The first-order valence-electron chi connectivity index (χ1n) is 5.89. The number of rotatable bonds is 2. The third kappa shape index (κ3) is 1.95. The van der Waals surface area contributed by atoms with E-state index in [-0.39, 0.29) is 0 Å². The smallest absolute Gasteiger partial charge is 0.263 e. The number of piperidine rings is 1. The number of nitrogens with one attached hydrogen (secondary N) is 2. The Morgan fingerprint density at radius 1 is 1.47 bits per heavy atom. The molecule has 1 unspecified atom stereocenters. The van der Waals surface area contributed by atoms with Crippen LogP contribution in [0.25, 0.3) is 11.1 Å². The second kappa shape index (κ2) is 4.29. The molecule has 2 N–H and O–H groups in total. The molecule has 90 valence electrons. The summed E-state index contributed by atoms with van der Waals surface area (Å²) in [5.74, 6) is 0.822. The lowest BCUT2D eigenvalue weighted by Gasteiger charge is -2.24. The van der Waals surface area contributed by atoms with Crippen LogP contribution in [0.4, 0.5) is 5.82 Å². The van der Waals surface area contributed by atoms with Crippen LogP contribution >= 0.6 is 0 Å². The molecule has 2 aromatic heterocycles. The van der Waals surface area contributed by atoms with E-state index < -0.39 is 0 Å². The van der Waals surface area contributed by atoms with Crippen molar-refractivity contribution >= 4 is 16.9 Å². The average molecular weight is 233 g/mol. The molecule has 6 heteroatoms. The molecule has 1 atom stereocenters. The molecular formula is C11H15N5O. The average Bonchev–Trinajstić information content (AvgIpc) is 2.74. The first kappa shape index (κ1) is 10.5. The van der Waals surface area contributed by atoms with E-state index in [1.165, 1.54) is 12.7 Å². The van der Waals surface area contributed by atoms with Crippen molar-refractivity contribution < 1.29 is 4.52 Å². The van der Waals surface area contributed by atoms with Gasteiger partial charge in [0.05, 0.1) is 5.69 Å². The van der Waals surface area contributed by atoms with Gasteiger partial charge in [0.15, 0.2) is 0 Å². The zero-order valence-electron chi connectivity index (χ0n) is 9.73. The van der Waals surface area contributed by atoms with Crippen LogP contribution in [0, 0.1) is 6.92 Å². The van der Waals surface area contributed by atoms with Gasteiger partial charge < -0.3 is 15.2 Å². The van der Waals surface area contributed by atoms with Crippen molar-refractivity contribution in [1.82, 2.24) is 20.4 Å². The Morgan fingerprint density at radius 2 is 2.41 bits per heavy atom. The van der Waals surface area contributed by atoms with Crippen molar-refractivity contribution in [3.05, 3.63) is 12.0 Å². The molecule has 0 aromatic carbocycles. The van der Waals surface area contributed by atoms with Gasteiger partial charge in [-0.3, -0.25) is 0 Å². The first-order valence-corrected chi connectivity index (χ1v) is 5.89. The van der Waals surface area contributed by atoms with Gasteiger partial charge in [-0.05, 0) is 26.3 Å². The number of aryl methyl sites for hydroxylation is 1. The van der Waals surface area contributed by atoms with Gasteiger partial charge in [0.2, 0.25) is 0 Å². The number of hydrogen-bond acceptors (Lipinski definition) is 6. The van der Waals surface area contributed by atoms with Gasteiger partial charge in [0.1, 0.15) is 17.5 Å². The van der Waals surface area contributed by atoms with E-state index >= 15 is 0 Å². The van der Waals surface area contributed by atoms with Crippen LogP contribution in [0.1, 0.15) is 18.5 Å². The van der Waals surface area contributed by atoms with Crippen LogP contribution in [-0.2, 0) is 0 Å². The van der Waals surface area contributed by atoms with Crippen LogP contribution in [0.15, 0.2) is 10.9 Å². The molecule has 0 saturated carbocycles. The highest BCUT2D eigenvalue weighted by molar-refractivity contribution is 5.87. The zero-order chi connectivity index (χ0) is 11.7. The van der Waals surface area contributed by atoms with Crippen molar-refractivity contribution in [2.75, 3.05) is 18.4 Å². The molecule has 0 amide bonds. The molecule has 1 fully saturated rings. The maximum Gasteiger partial charge on any atom is 0.263 e. The monoisotopic (exact) mass is 233 g/mol. The molecule has 1 saturated heterocycles. The first-order chi connectivity index (χ1) is 8.34. The summed E-state index contributed by atoms with van der Waals surface area (Å²) in [7, 11) is 0. The summed E-state index contributed by atoms with van der Waals surface area (Å²) >= 11 is 0. The van der Waals surface area contributed by atoms with Gasteiger partial charge >= 0.3 is 0 Å². The highest BCUT2D eigenvalue weighted by atomic mass is 16.5. The lowest BCUT2D eigenvalue weighted by atomic mass is 10.1. The normalized spacial score (nSPS) is 20.6. The Bertz CT molecular complexity index is 518. The lowest BCUT2D eigenvalue weighted by molar-refractivity contribution is 0.442. The zero-order valence-corrected chi connectivity index (χ0v) is 9.73. The molecule has 0 radical (unpaired) electrons. The number of fused-ring (bicyclic) bond motifs is 1. The molecule has 17 heavy (non-hydrogen) atoms. The fourth-order valence-corrected chi connectivity index (χ4v) is 2.20. The summed E-state index contributed by atoms with van der Waals surface area (Å²) in [6, 6.07) is 0.413. The quantitative estimate of drug-likeness (QED) is 0.808. The van der Waals surface area contributed by atoms with Crippen molar-refractivity contribution in [2.24, 2.45) is 0 Å². The maximum absolute atomic E-state index is 5.12. The Balaban J connectivity index is 1.91. The minimum absolute atomic E-state index is 0.413. The van der Waals surface area contributed by atoms with Crippen LogP contribution in [0.5, 0.6) is 0 Å². The van der Waals surface area contributed by atoms with E-state index in [0.29, 0.717) is 11.8 Å². The maximum atomic E-state index is 5.12. The Hall–Kier alpha value is -1.69. The van der Waals surface area contributed by atoms with Crippen molar-refractivity contribution in [1.29, 1.82) is 0 Å². The van der Waals surface area contributed by atoms with Crippen LogP contribution in [0.3, 0.4) is 0 Å². The number of anilines is 1. The Morgan fingerprint density at radius 3 is 3.24 bits per heavy atom. The van der Waals surface area contributed by atoms with Crippen molar-refractivity contribution in [2.45, 2.75) is 25.8 Å². The Labute approximate surface area is 98.8 Å². The third-order valence-electron chi connectivity index (χ3n) is 3.08. The van der Waals surface area contributed by atoms with Crippen LogP contribution in [0.2, 0.25) is 0 Å². The SMILES string of the molecule is Cc1noc2ncnc(NC3CCCNC3)c12. The van der Waals surface area contributed by atoms with Crippen molar-refractivity contribution in [3.8, 4) is 0 Å². The lowest BCUT2D eigenvalue weighted by Crippen LogP contribution is -2.38. The Kier molecular flexibility index (Phi) is 2.64. The largest absolute Gasteiger partial charge is 0.365 e. The molecule has 1 aliphatic heterocycles. The van der Waals surface area contributed by atoms with E-state index in [1.807, 2.05) is 6.92 Å². The number of hydrogen-bond donors (Lipinski definition) is 2. The predicted octanol–water partition coefficient (Wildman–Crippen LogP) is 1.09. The summed E-state index contributed by atoms with van der Waals surface area (Å²) in [4.78, 5) is 8.34. The summed E-state index contributed by atoms with van der Waals surface area (Å²) in [6.45, 7) is 3.97. The molecule has 2 aromatic rings. The van der Waals surface area contributed by atoms with Crippen molar-refractivity contribution in [3.63, 3.8) is 0 Å². The topological polar surface area (TPSA) is 75.9 Å². The molecular weight excluding hydrogens is 218 g/mol. The van der Waals surface area contributed by atoms with Gasteiger partial charge in [0, 0.05) is 12.6 Å². The molecule has 6 nitrogen and oxygen atoms in total. The van der Waals surface area contributed by atoms with E-state index in [2.05, 4.69) is 25.8 Å². The van der Waals surface area contributed by atoms with Crippen LogP contribution in [-0.4, -0.2) is 34.3 Å². The highest BCUT2D eigenvalue weighted by Crippen LogP contribution is 2.23. The van der Waals surface area contributed by atoms with Crippen LogP contribution < -0.4 is 10.6 Å². The summed E-state index contributed by atoms with van der Waals surface area (Å²) < 4.78 is 5.12. The molecule has 0 bridgehead atoms. The van der Waals surface area contributed by atoms with E-state index in [9.17, 15) is 0 Å².